The van der Waals surface area contributed by atoms with Crippen molar-refractivity contribution in [2.24, 2.45) is 0 Å². The van der Waals surface area contributed by atoms with E-state index in [0.717, 1.165) is 0 Å². The number of hydrogen-bond donors (Lipinski definition) is 2. The highest BCUT2D eigenvalue weighted by Crippen LogP contribution is 2.38. The predicted octanol–water partition coefficient (Wildman–Crippen LogP) is 3.68. The molecular formula is C21H18FN5O4. The molecule has 1 atom stereocenters. The molecule has 2 N–H and O–H groups in total. The molecule has 1 aromatic heterocycles. The van der Waals surface area contributed by atoms with Crippen LogP contribution >= 0.6 is 0 Å². The zero-order valence-corrected chi connectivity index (χ0v) is 16.5. The van der Waals surface area contributed by atoms with Gasteiger partial charge >= 0.3 is 0 Å². The highest BCUT2D eigenvalue weighted by molar-refractivity contribution is 6.04. The number of nitro groups is 1. The largest absolute Gasteiger partial charge is 0.326 e. The van der Waals surface area contributed by atoms with E-state index in [1.165, 1.54) is 41.1 Å². The Bertz CT molecular complexity index is 1190. The normalized spacial score (nSPS) is 14.8. The molecule has 10 heteroatoms. The lowest BCUT2D eigenvalue weighted by molar-refractivity contribution is -0.384. The Balaban J connectivity index is 1.59. The van der Waals surface area contributed by atoms with Gasteiger partial charge in [0.2, 0.25) is 5.91 Å². The second kappa shape index (κ2) is 7.98. The third-order valence-electron chi connectivity index (χ3n) is 5.01. The number of non-ortho nitro benzene ring substituents is 1. The van der Waals surface area contributed by atoms with Crippen LogP contribution in [0, 0.1) is 15.9 Å². The van der Waals surface area contributed by atoms with Crippen LogP contribution in [-0.2, 0) is 16.0 Å². The molecule has 0 saturated heterocycles. The maximum absolute atomic E-state index is 13.3. The molecule has 2 heterocycles. The SMILES string of the molecule is CCc1nn2c(c1-c1ccc(F)cc1)NC(=O)C2CC(=O)Nc1cccc([N+](=O)[O-])c1. The molecule has 1 unspecified atom stereocenters. The van der Waals surface area contributed by atoms with Crippen LogP contribution in [0.1, 0.15) is 25.1 Å². The Kier molecular flexibility index (Phi) is 5.20. The number of aryl methyl sites for hydroxylation is 1. The van der Waals surface area contributed by atoms with Crippen LogP contribution in [0.3, 0.4) is 0 Å². The van der Waals surface area contributed by atoms with Crippen molar-refractivity contribution in [3.63, 3.8) is 0 Å². The van der Waals surface area contributed by atoms with Gasteiger partial charge in [-0.2, -0.15) is 5.10 Å². The number of hydrogen-bond acceptors (Lipinski definition) is 5. The van der Waals surface area contributed by atoms with E-state index in [4.69, 9.17) is 0 Å². The average Bonchev–Trinajstić information content (AvgIpc) is 3.24. The van der Waals surface area contributed by atoms with Gasteiger partial charge in [-0.05, 0) is 30.2 Å². The number of nitrogens with zero attached hydrogens (tertiary/aromatic N) is 3. The summed E-state index contributed by atoms with van der Waals surface area (Å²) in [5.74, 6) is -0.778. The third kappa shape index (κ3) is 3.87. The lowest BCUT2D eigenvalue weighted by atomic mass is 10.0. The number of rotatable bonds is 6. The molecule has 9 nitrogen and oxygen atoms in total. The first-order valence-electron chi connectivity index (χ1n) is 9.60. The highest BCUT2D eigenvalue weighted by atomic mass is 19.1. The van der Waals surface area contributed by atoms with Crippen molar-refractivity contribution in [2.45, 2.75) is 25.8 Å². The van der Waals surface area contributed by atoms with E-state index in [1.807, 2.05) is 6.92 Å². The van der Waals surface area contributed by atoms with Gasteiger partial charge in [0, 0.05) is 23.4 Å². The summed E-state index contributed by atoms with van der Waals surface area (Å²) in [6.07, 6.45) is 0.379. The molecule has 2 amide bonds. The first-order valence-corrected chi connectivity index (χ1v) is 9.60. The molecule has 0 aliphatic carbocycles. The third-order valence-corrected chi connectivity index (χ3v) is 5.01. The molecule has 1 aliphatic heterocycles. The van der Waals surface area contributed by atoms with Gasteiger partial charge < -0.3 is 10.6 Å². The average molecular weight is 423 g/mol. The molecule has 0 saturated carbocycles. The van der Waals surface area contributed by atoms with Crippen molar-refractivity contribution >= 4 is 29.0 Å². The van der Waals surface area contributed by atoms with Crippen LogP contribution in [0.15, 0.2) is 48.5 Å². The lowest BCUT2D eigenvalue weighted by Crippen LogP contribution is -2.24. The number of nitro benzene ring substituents is 1. The molecule has 1 aliphatic rings. The number of anilines is 2. The van der Waals surface area contributed by atoms with Crippen LogP contribution in [0.2, 0.25) is 0 Å². The first kappa shape index (κ1) is 20.2. The van der Waals surface area contributed by atoms with Gasteiger partial charge in [0.1, 0.15) is 17.7 Å². The molecule has 2 aromatic carbocycles. The predicted molar refractivity (Wildman–Crippen MR) is 111 cm³/mol. The van der Waals surface area contributed by atoms with Gasteiger partial charge in [-0.1, -0.05) is 25.1 Å². The van der Waals surface area contributed by atoms with Crippen LogP contribution in [0.5, 0.6) is 0 Å². The van der Waals surface area contributed by atoms with Crippen molar-refractivity contribution in [2.75, 3.05) is 10.6 Å². The quantitative estimate of drug-likeness (QED) is 0.463. The van der Waals surface area contributed by atoms with E-state index < -0.39 is 16.9 Å². The summed E-state index contributed by atoms with van der Waals surface area (Å²) in [7, 11) is 0. The molecule has 0 radical (unpaired) electrons. The van der Waals surface area contributed by atoms with Crippen molar-refractivity contribution < 1.29 is 18.9 Å². The minimum absolute atomic E-state index is 0.151. The summed E-state index contributed by atoms with van der Waals surface area (Å²) in [6.45, 7) is 1.91. The van der Waals surface area contributed by atoms with Crippen LogP contribution in [0.25, 0.3) is 11.1 Å². The first-order chi connectivity index (χ1) is 14.9. The van der Waals surface area contributed by atoms with E-state index in [2.05, 4.69) is 15.7 Å². The Labute approximate surface area is 176 Å². The van der Waals surface area contributed by atoms with Crippen LogP contribution in [-0.4, -0.2) is 26.5 Å². The van der Waals surface area contributed by atoms with Gasteiger partial charge in [-0.15, -0.1) is 0 Å². The fraction of sp³-hybridized carbons (Fsp3) is 0.190. The topological polar surface area (TPSA) is 119 Å². The molecule has 0 spiro atoms. The van der Waals surface area contributed by atoms with E-state index >= 15 is 0 Å². The molecule has 4 rings (SSSR count). The van der Waals surface area contributed by atoms with Gasteiger partial charge in [0.05, 0.1) is 17.0 Å². The molecular weight excluding hydrogens is 405 g/mol. The van der Waals surface area contributed by atoms with Crippen LogP contribution in [0.4, 0.5) is 21.6 Å². The number of nitrogens with one attached hydrogen (secondary N) is 2. The van der Waals surface area contributed by atoms with Gasteiger partial charge in [0.15, 0.2) is 0 Å². The van der Waals surface area contributed by atoms with Crippen molar-refractivity contribution in [1.82, 2.24) is 9.78 Å². The molecule has 31 heavy (non-hydrogen) atoms. The van der Waals surface area contributed by atoms with E-state index in [-0.39, 0.29) is 29.5 Å². The molecule has 0 bridgehead atoms. The number of carbonyl (C=O) groups excluding carboxylic acids is 2. The standard InChI is InChI=1S/C21H18FN5O4/c1-2-16-19(12-6-8-13(22)9-7-12)20-24-21(29)17(26(20)25-16)11-18(28)23-14-4-3-5-15(10-14)27(30)31/h3-10,17H,2,11H2,1H3,(H,23,28)(H,24,29). The number of amides is 2. The summed E-state index contributed by atoms with van der Waals surface area (Å²) in [6, 6.07) is 10.6. The zero-order chi connectivity index (χ0) is 22.1. The van der Waals surface area contributed by atoms with Gasteiger partial charge in [-0.3, -0.25) is 19.7 Å². The van der Waals surface area contributed by atoms with Crippen molar-refractivity contribution in [1.29, 1.82) is 0 Å². The van der Waals surface area contributed by atoms with Crippen LogP contribution < -0.4 is 10.6 Å². The highest BCUT2D eigenvalue weighted by Gasteiger charge is 2.36. The lowest BCUT2D eigenvalue weighted by Gasteiger charge is -2.10. The summed E-state index contributed by atoms with van der Waals surface area (Å²) in [5, 5.41) is 20.8. The molecule has 0 fully saturated rings. The maximum atomic E-state index is 13.3. The Morgan fingerprint density at radius 2 is 2.03 bits per heavy atom. The second-order valence-corrected chi connectivity index (χ2v) is 7.04. The fourth-order valence-corrected chi connectivity index (χ4v) is 3.57. The minimum Gasteiger partial charge on any atom is -0.326 e. The Morgan fingerprint density at radius 3 is 2.71 bits per heavy atom. The van der Waals surface area contributed by atoms with Crippen molar-refractivity contribution in [3.05, 3.63) is 70.2 Å². The summed E-state index contributed by atoms with van der Waals surface area (Å²) < 4.78 is 14.8. The van der Waals surface area contributed by atoms with Gasteiger partial charge in [-0.25, -0.2) is 9.07 Å². The monoisotopic (exact) mass is 423 g/mol. The van der Waals surface area contributed by atoms with E-state index in [1.54, 1.807) is 12.1 Å². The molecule has 158 valence electrons. The van der Waals surface area contributed by atoms with E-state index in [9.17, 15) is 24.1 Å². The Morgan fingerprint density at radius 1 is 1.29 bits per heavy atom. The second-order valence-electron chi connectivity index (χ2n) is 7.04. The maximum Gasteiger partial charge on any atom is 0.271 e. The minimum atomic E-state index is -0.867. The number of fused-ring (bicyclic) bond motifs is 1. The summed E-state index contributed by atoms with van der Waals surface area (Å²) >= 11 is 0. The number of carbonyl (C=O) groups is 2. The van der Waals surface area contributed by atoms with E-state index in [0.29, 0.717) is 29.1 Å². The smallest absolute Gasteiger partial charge is 0.271 e. The van der Waals surface area contributed by atoms with Gasteiger partial charge in [0.25, 0.3) is 11.6 Å². The number of halogens is 1. The fourth-order valence-electron chi connectivity index (χ4n) is 3.57. The summed E-state index contributed by atoms with van der Waals surface area (Å²) in [5.41, 5.74) is 2.23. The zero-order valence-electron chi connectivity index (χ0n) is 16.5. The number of aromatic nitrogens is 2. The Hall–Kier alpha value is -4.08. The summed E-state index contributed by atoms with van der Waals surface area (Å²) in [4.78, 5) is 35.4. The molecule has 3 aromatic rings. The number of benzene rings is 2. The van der Waals surface area contributed by atoms with Crippen molar-refractivity contribution in [3.8, 4) is 11.1 Å².